The van der Waals surface area contributed by atoms with Gasteiger partial charge in [-0.3, -0.25) is 0 Å². The maximum absolute atomic E-state index is 5.93. The smallest absolute Gasteiger partial charge is 0.0707 e. The first-order valence-corrected chi connectivity index (χ1v) is 6.86. The zero-order valence-electron chi connectivity index (χ0n) is 10.3. The summed E-state index contributed by atoms with van der Waals surface area (Å²) in [7, 11) is 0. The molecule has 2 nitrogen and oxygen atoms in total. The highest BCUT2D eigenvalue weighted by molar-refractivity contribution is 9.09. The molecule has 0 amide bonds. The van der Waals surface area contributed by atoms with E-state index in [1.165, 1.54) is 12.8 Å². The van der Waals surface area contributed by atoms with E-state index in [1.807, 2.05) is 0 Å². The molecule has 90 valence electrons. The van der Waals surface area contributed by atoms with Crippen molar-refractivity contribution in [3.8, 4) is 0 Å². The highest BCUT2D eigenvalue weighted by atomic mass is 79.9. The minimum Gasteiger partial charge on any atom is -0.371 e. The summed E-state index contributed by atoms with van der Waals surface area (Å²) in [6.45, 7) is 9.77. The van der Waals surface area contributed by atoms with Crippen molar-refractivity contribution in [2.75, 3.05) is 6.54 Å². The minimum absolute atomic E-state index is 0.0955. The molecule has 0 bridgehead atoms. The molecule has 0 radical (unpaired) electrons. The van der Waals surface area contributed by atoms with Crippen molar-refractivity contribution < 1.29 is 4.74 Å². The SMILES string of the molecule is CC(Br)CC(C)NCC1CCC(C)(C)O1. The summed E-state index contributed by atoms with van der Waals surface area (Å²) in [5.74, 6) is 0. The lowest BCUT2D eigenvalue weighted by Crippen LogP contribution is -2.35. The molecule has 3 atom stereocenters. The van der Waals surface area contributed by atoms with Gasteiger partial charge in [-0.1, -0.05) is 22.9 Å². The second kappa shape index (κ2) is 5.65. The third-order valence-electron chi connectivity index (χ3n) is 2.93. The van der Waals surface area contributed by atoms with Crippen LogP contribution in [0.1, 0.15) is 47.0 Å². The Morgan fingerprint density at radius 2 is 2.13 bits per heavy atom. The Labute approximate surface area is 102 Å². The van der Waals surface area contributed by atoms with E-state index in [0.29, 0.717) is 17.0 Å². The van der Waals surface area contributed by atoms with Gasteiger partial charge in [0.1, 0.15) is 0 Å². The lowest BCUT2D eigenvalue weighted by molar-refractivity contribution is -0.0150. The van der Waals surface area contributed by atoms with Gasteiger partial charge in [-0.2, -0.15) is 0 Å². The molecule has 0 aromatic carbocycles. The van der Waals surface area contributed by atoms with E-state index in [4.69, 9.17) is 4.74 Å². The standard InChI is InChI=1S/C12H24BrNO/c1-9(13)7-10(2)14-8-11-5-6-12(3,4)15-11/h9-11,14H,5-8H2,1-4H3. The van der Waals surface area contributed by atoms with E-state index >= 15 is 0 Å². The molecule has 15 heavy (non-hydrogen) atoms. The third kappa shape index (κ3) is 5.32. The van der Waals surface area contributed by atoms with Gasteiger partial charge in [-0.25, -0.2) is 0 Å². The first-order chi connectivity index (χ1) is 6.89. The van der Waals surface area contributed by atoms with Gasteiger partial charge >= 0.3 is 0 Å². The lowest BCUT2D eigenvalue weighted by Gasteiger charge is -2.21. The Kier molecular flexibility index (Phi) is 5.07. The molecule has 0 spiro atoms. The molecule has 1 N–H and O–H groups in total. The summed E-state index contributed by atoms with van der Waals surface area (Å²) in [6, 6.07) is 0.562. The molecule has 1 rings (SSSR count). The molecule has 0 aromatic heterocycles. The molecule has 3 unspecified atom stereocenters. The van der Waals surface area contributed by atoms with Gasteiger partial charge in [0.25, 0.3) is 0 Å². The Balaban J connectivity index is 2.15. The van der Waals surface area contributed by atoms with Gasteiger partial charge in [0.05, 0.1) is 11.7 Å². The van der Waals surface area contributed by atoms with Gasteiger partial charge < -0.3 is 10.1 Å². The van der Waals surface area contributed by atoms with Crippen molar-refractivity contribution in [3.05, 3.63) is 0 Å². The molecule has 0 saturated carbocycles. The molecule has 0 aromatic rings. The highest BCUT2D eigenvalue weighted by Gasteiger charge is 2.31. The van der Waals surface area contributed by atoms with Crippen molar-refractivity contribution in [2.45, 2.75) is 69.5 Å². The second-order valence-corrected chi connectivity index (χ2v) is 6.93. The molecule has 1 heterocycles. The van der Waals surface area contributed by atoms with Crippen molar-refractivity contribution in [1.29, 1.82) is 0 Å². The average molecular weight is 278 g/mol. The molecule has 1 fully saturated rings. The largest absolute Gasteiger partial charge is 0.371 e. The van der Waals surface area contributed by atoms with E-state index in [1.54, 1.807) is 0 Å². The number of hydrogen-bond acceptors (Lipinski definition) is 2. The molecule has 1 aliphatic heterocycles. The topological polar surface area (TPSA) is 21.3 Å². The monoisotopic (exact) mass is 277 g/mol. The summed E-state index contributed by atoms with van der Waals surface area (Å²) < 4.78 is 5.93. The van der Waals surface area contributed by atoms with Crippen LogP contribution in [0, 0.1) is 0 Å². The van der Waals surface area contributed by atoms with Crippen LogP contribution in [-0.4, -0.2) is 29.1 Å². The quantitative estimate of drug-likeness (QED) is 0.780. The highest BCUT2D eigenvalue weighted by Crippen LogP contribution is 2.28. The predicted molar refractivity (Wildman–Crippen MR) is 68.7 cm³/mol. The van der Waals surface area contributed by atoms with Crippen LogP contribution in [0.15, 0.2) is 0 Å². The summed E-state index contributed by atoms with van der Waals surface area (Å²) in [5, 5.41) is 3.54. The summed E-state index contributed by atoms with van der Waals surface area (Å²) in [5.41, 5.74) is 0.0955. The summed E-state index contributed by atoms with van der Waals surface area (Å²) >= 11 is 3.58. The Morgan fingerprint density at radius 3 is 2.60 bits per heavy atom. The fourth-order valence-electron chi connectivity index (χ4n) is 2.12. The van der Waals surface area contributed by atoms with Gasteiger partial charge in [0, 0.05) is 17.4 Å². The van der Waals surface area contributed by atoms with E-state index < -0.39 is 0 Å². The fraction of sp³-hybridized carbons (Fsp3) is 1.00. The van der Waals surface area contributed by atoms with Crippen LogP contribution in [0.2, 0.25) is 0 Å². The van der Waals surface area contributed by atoms with E-state index in [-0.39, 0.29) is 5.60 Å². The van der Waals surface area contributed by atoms with E-state index in [9.17, 15) is 0 Å². The number of halogens is 1. The van der Waals surface area contributed by atoms with Crippen molar-refractivity contribution >= 4 is 15.9 Å². The molecule has 3 heteroatoms. The van der Waals surface area contributed by atoms with Crippen LogP contribution in [-0.2, 0) is 4.74 Å². The second-order valence-electron chi connectivity index (χ2n) is 5.36. The number of nitrogens with one attached hydrogen (secondary N) is 1. The van der Waals surface area contributed by atoms with Crippen LogP contribution in [0.3, 0.4) is 0 Å². The van der Waals surface area contributed by atoms with Crippen molar-refractivity contribution in [2.24, 2.45) is 0 Å². The van der Waals surface area contributed by atoms with Crippen LogP contribution in [0.5, 0.6) is 0 Å². The predicted octanol–water partition coefficient (Wildman–Crippen LogP) is 3.10. The number of ether oxygens (including phenoxy) is 1. The Hall–Kier alpha value is 0.400. The van der Waals surface area contributed by atoms with Crippen LogP contribution in [0.4, 0.5) is 0 Å². The Morgan fingerprint density at radius 1 is 1.47 bits per heavy atom. The van der Waals surface area contributed by atoms with Gasteiger partial charge in [0.2, 0.25) is 0 Å². The van der Waals surface area contributed by atoms with Crippen molar-refractivity contribution in [1.82, 2.24) is 5.32 Å². The molecule has 1 aliphatic rings. The normalized spacial score (nSPS) is 29.0. The zero-order chi connectivity index (χ0) is 11.5. The maximum atomic E-state index is 5.93. The number of alkyl halides is 1. The zero-order valence-corrected chi connectivity index (χ0v) is 11.9. The average Bonchev–Trinajstić information content (AvgIpc) is 2.41. The van der Waals surface area contributed by atoms with Gasteiger partial charge in [-0.15, -0.1) is 0 Å². The molecule has 1 saturated heterocycles. The third-order valence-corrected chi connectivity index (χ3v) is 3.30. The number of hydrogen-bond donors (Lipinski definition) is 1. The number of rotatable bonds is 5. The van der Waals surface area contributed by atoms with Gasteiger partial charge in [0.15, 0.2) is 0 Å². The van der Waals surface area contributed by atoms with Crippen LogP contribution >= 0.6 is 15.9 Å². The first-order valence-electron chi connectivity index (χ1n) is 5.94. The maximum Gasteiger partial charge on any atom is 0.0707 e. The molecular formula is C12H24BrNO. The Bertz CT molecular complexity index is 194. The fourth-order valence-corrected chi connectivity index (χ4v) is 2.69. The van der Waals surface area contributed by atoms with Crippen molar-refractivity contribution in [3.63, 3.8) is 0 Å². The lowest BCUT2D eigenvalue weighted by atomic mass is 10.1. The summed E-state index contributed by atoms with van der Waals surface area (Å²) in [4.78, 5) is 0.584. The van der Waals surface area contributed by atoms with Crippen LogP contribution in [0.25, 0.3) is 0 Å². The van der Waals surface area contributed by atoms with Crippen LogP contribution < -0.4 is 5.32 Å². The molecule has 0 aliphatic carbocycles. The van der Waals surface area contributed by atoms with E-state index in [2.05, 4.69) is 48.9 Å². The van der Waals surface area contributed by atoms with Gasteiger partial charge in [-0.05, 0) is 40.0 Å². The minimum atomic E-state index is 0.0955. The van der Waals surface area contributed by atoms with E-state index in [0.717, 1.165) is 13.0 Å². The summed E-state index contributed by atoms with van der Waals surface area (Å²) in [6.07, 6.45) is 3.95. The first kappa shape index (κ1) is 13.5. The molecular weight excluding hydrogens is 254 g/mol.